The van der Waals surface area contributed by atoms with Crippen LogP contribution in [0.2, 0.25) is 0 Å². The molecular formula is C10H8F4O3. The van der Waals surface area contributed by atoms with Crippen molar-refractivity contribution in [3.63, 3.8) is 0 Å². The van der Waals surface area contributed by atoms with Crippen LogP contribution in [0, 0.1) is 5.82 Å². The van der Waals surface area contributed by atoms with Crippen LogP contribution in [0.1, 0.15) is 22.8 Å². The number of alkyl halides is 3. The van der Waals surface area contributed by atoms with E-state index >= 15 is 0 Å². The third kappa shape index (κ3) is 2.86. The topological polar surface area (TPSA) is 46.5 Å². The van der Waals surface area contributed by atoms with E-state index in [1.54, 1.807) is 0 Å². The summed E-state index contributed by atoms with van der Waals surface area (Å²) in [7, 11) is 0. The predicted molar refractivity (Wildman–Crippen MR) is 49.5 cm³/mol. The molecule has 1 aromatic carbocycles. The Morgan fingerprint density at radius 2 is 2.00 bits per heavy atom. The first-order chi connectivity index (χ1) is 7.77. The van der Waals surface area contributed by atoms with Gasteiger partial charge in [-0.2, -0.15) is 13.2 Å². The predicted octanol–water partition coefficient (Wildman–Crippen LogP) is 2.94. The lowest BCUT2D eigenvalue weighted by atomic mass is 10.1. The van der Waals surface area contributed by atoms with Crippen LogP contribution in [0.5, 0.6) is 5.75 Å². The van der Waals surface area contributed by atoms with Crippen LogP contribution in [-0.4, -0.2) is 17.7 Å². The van der Waals surface area contributed by atoms with Crippen molar-refractivity contribution >= 4 is 5.97 Å². The van der Waals surface area contributed by atoms with Gasteiger partial charge in [0.1, 0.15) is 0 Å². The SMILES string of the molecule is CCOc1cc(C(F)(F)F)cc(C(=O)O)c1F. The number of carboxylic acids is 1. The molecular weight excluding hydrogens is 244 g/mol. The quantitative estimate of drug-likeness (QED) is 0.841. The summed E-state index contributed by atoms with van der Waals surface area (Å²) >= 11 is 0. The van der Waals surface area contributed by atoms with Gasteiger partial charge in [-0.1, -0.05) is 0 Å². The van der Waals surface area contributed by atoms with Crippen LogP contribution in [0.15, 0.2) is 12.1 Å². The van der Waals surface area contributed by atoms with Gasteiger partial charge in [0.15, 0.2) is 11.6 Å². The van der Waals surface area contributed by atoms with Crippen LogP contribution < -0.4 is 4.74 Å². The van der Waals surface area contributed by atoms with Crippen LogP contribution in [-0.2, 0) is 6.18 Å². The summed E-state index contributed by atoms with van der Waals surface area (Å²) in [4.78, 5) is 10.6. The maximum absolute atomic E-state index is 13.4. The average molecular weight is 252 g/mol. The lowest BCUT2D eigenvalue weighted by Crippen LogP contribution is -2.11. The van der Waals surface area contributed by atoms with E-state index in [4.69, 9.17) is 5.11 Å². The zero-order valence-corrected chi connectivity index (χ0v) is 8.64. The van der Waals surface area contributed by atoms with E-state index < -0.39 is 34.8 Å². The average Bonchev–Trinajstić information content (AvgIpc) is 2.19. The van der Waals surface area contributed by atoms with Crippen molar-refractivity contribution < 1.29 is 32.2 Å². The molecule has 0 fully saturated rings. The van der Waals surface area contributed by atoms with Gasteiger partial charge in [0.2, 0.25) is 0 Å². The van der Waals surface area contributed by atoms with Crippen molar-refractivity contribution in [2.45, 2.75) is 13.1 Å². The molecule has 0 bridgehead atoms. The van der Waals surface area contributed by atoms with Crippen molar-refractivity contribution in [2.75, 3.05) is 6.61 Å². The molecule has 0 aliphatic carbocycles. The summed E-state index contributed by atoms with van der Waals surface area (Å²) in [5.74, 6) is -3.82. The highest BCUT2D eigenvalue weighted by molar-refractivity contribution is 5.88. The minimum atomic E-state index is -4.76. The normalized spacial score (nSPS) is 11.4. The van der Waals surface area contributed by atoms with E-state index in [-0.39, 0.29) is 12.7 Å². The number of benzene rings is 1. The molecule has 0 saturated carbocycles. The van der Waals surface area contributed by atoms with E-state index in [0.29, 0.717) is 6.07 Å². The second-order valence-electron chi connectivity index (χ2n) is 3.07. The minimum Gasteiger partial charge on any atom is -0.491 e. The Labute approximate surface area is 93.6 Å². The molecule has 0 saturated heterocycles. The van der Waals surface area contributed by atoms with Crippen LogP contribution in [0.3, 0.4) is 0 Å². The van der Waals surface area contributed by atoms with E-state index in [2.05, 4.69) is 4.74 Å². The summed E-state index contributed by atoms with van der Waals surface area (Å²) in [6, 6.07) is 0.672. The highest BCUT2D eigenvalue weighted by Crippen LogP contribution is 2.34. The van der Waals surface area contributed by atoms with Gasteiger partial charge in [0.25, 0.3) is 0 Å². The number of rotatable bonds is 3. The summed E-state index contributed by atoms with van der Waals surface area (Å²) in [6.45, 7) is 1.37. The van der Waals surface area contributed by atoms with Crippen molar-refractivity contribution in [2.24, 2.45) is 0 Å². The number of hydrogen-bond donors (Lipinski definition) is 1. The second kappa shape index (κ2) is 4.60. The van der Waals surface area contributed by atoms with E-state index in [9.17, 15) is 22.4 Å². The fourth-order valence-corrected chi connectivity index (χ4v) is 1.18. The Bertz CT molecular complexity index is 440. The molecule has 0 aliphatic rings. The maximum Gasteiger partial charge on any atom is 0.416 e. The fourth-order valence-electron chi connectivity index (χ4n) is 1.18. The molecule has 0 aromatic heterocycles. The van der Waals surface area contributed by atoms with Gasteiger partial charge in [-0.15, -0.1) is 0 Å². The van der Waals surface area contributed by atoms with Crippen LogP contribution in [0.25, 0.3) is 0 Å². The van der Waals surface area contributed by atoms with Crippen molar-refractivity contribution in [1.82, 2.24) is 0 Å². The number of halogens is 4. The molecule has 1 aromatic rings. The van der Waals surface area contributed by atoms with Crippen molar-refractivity contribution in [3.8, 4) is 5.75 Å². The summed E-state index contributed by atoms with van der Waals surface area (Å²) in [5, 5.41) is 8.59. The maximum atomic E-state index is 13.4. The monoisotopic (exact) mass is 252 g/mol. The summed E-state index contributed by atoms with van der Waals surface area (Å²) in [5.41, 5.74) is -2.33. The third-order valence-electron chi connectivity index (χ3n) is 1.90. The molecule has 0 unspecified atom stereocenters. The molecule has 0 amide bonds. The second-order valence-corrected chi connectivity index (χ2v) is 3.07. The van der Waals surface area contributed by atoms with Crippen LogP contribution in [0.4, 0.5) is 17.6 Å². The van der Waals surface area contributed by atoms with Gasteiger partial charge < -0.3 is 9.84 Å². The molecule has 0 atom stereocenters. The highest BCUT2D eigenvalue weighted by atomic mass is 19.4. The molecule has 17 heavy (non-hydrogen) atoms. The van der Waals surface area contributed by atoms with E-state index in [1.807, 2.05) is 0 Å². The van der Waals surface area contributed by atoms with Gasteiger partial charge >= 0.3 is 12.1 Å². The Balaban J connectivity index is 3.42. The fraction of sp³-hybridized carbons (Fsp3) is 0.300. The minimum absolute atomic E-state index is 0.0721. The largest absolute Gasteiger partial charge is 0.491 e. The Hall–Kier alpha value is -1.79. The molecule has 3 nitrogen and oxygen atoms in total. The Morgan fingerprint density at radius 3 is 2.41 bits per heavy atom. The highest BCUT2D eigenvalue weighted by Gasteiger charge is 2.33. The van der Waals surface area contributed by atoms with E-state index in [0.717, 1.165) is 0 Å². The molecule has 0 aliphatic heterocycles. The smallest absolute Gasteiger partial charge is 0.416 e. The van der Waals surface area contributed by atoms with Gasteiger partial charge in [-0.3, -0.25) is 0 Å². The van der Waals surface area contributed by atoms with Gasteiger partial charge in [-0.05, 0) is 19.1 Å². The number of carbonyl (C=O) groups is 1. The lowest BCUT2D eigenvalue weighted by Gasteiger charge is -2.12. The van der Waals surface area contributed by atoms with Crippen LogP contribution >= 0.6 is 0 Å². The van der Waals surface area contributed by atoms with Gasteiger partial charge in [0, 0.05) is 0 Å². The third-order valence-corrected chi connectivity index (χ3v) is 1.90. The number of carboxylic acid groups (broad SMARTS) is 1. The van der Waals surface area contributed by atoms with Gasteiger partial charge in [-0.25, -0.2) is 9.18 Å². The summed E-state index contributed by atoms with van der Waals surface area (Å²) < 4.78 is 55.3. The lowest BCUT2D eigenvalue weighted by molar-refractivity contribution is -0.137. The molecule has 0 radical (unpaired) electrons. The number of aromatic carboxylic acids is 1. The molecule has 1 N–H and O–H groups in total. The number of hydrogen-bond acceptors (Lipinski definition) is 2. The molecule has 7 heteroatoms. The number of ether oxygens (including phenoxy) is 1. The van der Waals surface area contributed by atoms with Crippen molar-refractivity contribution in [1.29, 1.82) is 0 Å². The Kier molecular flexibility index (Phi) is 3.59. The zero-order chi connectivity index (χ0) is 13.2. The van der Waals surface area contributed by atoms with Gasteiger partial charge in [0.05, 0.1) is 17.7 Å². The first-order valence-electron chi connectivity index (χ1n) is 4.54. The molecule has 0 spiro atoms. The molecule has 1 rings (SSSR count). The van der Waals surface area contributed by atoms with Crippen molar-refractivity contribution in [3.05, 3.63) is 29.1 Å². The zero-order valence-electron chi connectivity index (χ0n) is 8.64. The summed E-state index contributed by atoms with van der Waals surface area (Å²) in [6.07, 6.45) is -4.76. The molecule has 94 valence electrons. The first-order valence-corrected chi connectivity index (χ1v) is 4.54. The Morgan fingerprint density at radius 1 is 1.41 bits per heavy atom. The van der Waals surface area contributed by atoms with E-state index in [1.165, 1.54) is 6.92 Å². The first kappa shape index (κ1) is 13.3. The molecule has 0 heterocycles. The standard InChI is InChI=1S/C10H8F4O3/c1-2-17-7-4-5(10(12,13)14)3-6(8(7)11)9(15)16/h3-4H,2H2,1H3,(H,15,16).